The minimum absolute atomic E-state index is 0.118. The zero-order valence-electron chi connectivity index (χ0n) is 11.4. The Morgan fingerprint density at radius 2 is 2.10 bits per heavy atom. The molecule has 5 heteroatoms. The number of amides is 1. The molecule has 0 radical (unpaired) electrons. The van der Waals surface area contributed by atoms with Crippen LogP contribution in [-0.2, 0) is 6.54 Å². The predicted octanol–water partition coefficient (Wildman–Crippen LogP) is 3.82. The Bertz CT molecular complexity index is 760. The van der Waals surface area contributed by atoms with Crippen molar-refractivity contribution in [1.82, 2.24) is 9.88 Å². The molecule has 0 saturated carbocycles. The number of halogens is 1. The van der Waals surface area contributed by atoms with Gasteiger partial charge in [-0.1, -0.05) is 18.2 Å². The molecule has 4 nitrogen and oxygen atoms in total. The van der Waals surface area contributed by atoms with E-state index in [1.807, 2.05) is 12.1 Å². The van der Waals surface area contributed by atoms with E-state index < -0.39 is 0 Å². The standard InChI is InChI=1S/C16H15BrN2O2/c17-15-13(7-11-21-15)16(20)18-8-3-9-19-10-6-12-4-1-2-5-14(12)19/h1-2,4-7,10-11H,3,8-9H2,(H,18,20). The number of rotatable bonds is 5. The topological polar surface area (TPSA) is 47.2 Å². The molecule has 21 heavy (non-hydrogen) atoms. The van der Waals surface area contributed by atoms with Crippen LogP contribution in [0.4, 0.5) is 0 Å². The lowest BCUT2D eigenvalue weighted by molar-refractivity contribution is 0.0951. The van der Waals surface area contributed by atoms with E-state index in [1.165, 1.54) is 17.2 Å². The number of benzene rings is 1. The van der Waals surface area contributed by atoms with Crippen LogP contribution in [0.2, 0.25) is 0 Å². The number of para-hydroxylation sites is 1. The highest BCUT2D eigenvalue weighted by Crippen LogP contribution is 2.17. The van der Waals surface area contributed by atoms with Crippen LogP contribution in [0.5, 0.6) is 0 Å². The number of carbonyl (C=O) groups is 1. The molecule has 108 valence electrons. The van der Waals surface area contributed by atoms with Crippen molar-refractivity contribution < 1.29 is 9.21 Å². The summed E-state index contributed by atoms with van der Waals surface area (Å²) in [6, 6.07) is 12.0. The molecule has 0 saturated heterocycles. The molecular formula is C16H15BrN2O2. The summed E-state index contributed by atoms with van der Waals surface area (Å²) in [4.78, 5) is 11.9. The van der Waals surface area contributed by atoms with Crippen LogP contribution in [0.15, 0.2) is 57.9 Å². The summed E-state index contributed by atoms with van der Waals surface area (Å²) >= 11 is 3.20. The summed E-state index contributed by atoms with van der Waals surface area (Å²) in [5.41, 5.74) is 1.75. The lowest BCUT2D eigenvalue weighted by atomic mass is 10.2. The van der Waals surface area contributed by atoms with Gasteiger partial charge in [-0.05, 0) is 45.9 Å². The first kappa shape index (κ1) is 13.9. The molecule has 0 aliphatic rings. The zero-order chi connectivity index (χ0) is 14.7. The summed E-state index contributed by atoms with van der Waals surface area (Å²) in [7, 11) is 0. The number of aryl methyl sites for hydroxylation is 1. The summed E-state index contributed by atoms with van der Waals surface area (Å²) in [6.45, 7) is 1.50. The Morgan fingerprint density at radius 3 is 2.90 bits per heavy atom. The molecule has 0 spiro atoms. The molecule has 0 aliphatic carbocycles. The fourth-order valence-electron chi connectivity index (χ4n) is 2.34. The summed E-state index contributed by atoms with van der Waals surface area (Å²) < 4.78 is 7.72. The smallest absolute Gasteiger partial charge is 0.255 e. The minimum atomic E-state index is -0.118. The maximum Gasteiger partial charge on any atom is 0.255 e. The van der Waals surface area contributed by atoms with Crippen LogP contribution in [0.1, 0.15) is 16.8 Å². The Hall–Kier alpha value is -2.01. The predicted molar refractivity (Wildman–Crippen MR) is 85.3 cm³/mol. The van der Waals surface area contributed by atoms with E-state index in [2.05, 4.69) is 50.2 Å². The summed E-state index contributed by atoms with van der Waals surface area (Å²) in [5, 5.41) is 4.13. The van der Waals surface area contributed by atoms with Gasteiger partial charge in [-0.25, -0.2) is 0 Å². The normalized spacial score (nSPS) is 10.9. The lowest BCUT2D eigenvalue weighted by Crippen LogP contribution is -2.25. The SMILES string of the molecule is O=C(NCCCn1ccc2ccccc21)c1ccoc1Br. The van der Waals surface area contributed by atoms with E-state index in [0.29, 0.717) is 16.8 Å². The van der Waals surface area contributed by atoms with Crippen molar-refractivity contribution in [2.24, 2.45) is 0 Å². The van der Waals surface area contributed by atoms with Crippen LogP contribution in [-0.4, -0.2) is 17.0 Å². The average Bonchev–Trinajstić information content (AvgIpc) is 3.10. The van der Waals surface area contributed by atoms with E-state index in [4.69, 9.17) is 4.42 Å². The molecule has 1 aromatic carbocycles. The number of furan rings is 1. The third-order valence-corrected chi connectivity index (χ3v) is 4.02. The Kier molecular flexibility index (Phi) is 4.10. The second-order valence-corrected chi connectivity index (χ2v) is 5.51. The average molecular weight is 347 g/mol. The van der Waals surface area contributed by atoms with Crippen molar-refractivity contribution >= 4 is 32.7 Å². The van der Waals surface area contributed by atoms with Gasteiger partial charge in [-0.15, -0.1) is 0 Å². The number of aromatic nitrogens is 1. The van der Waals surface area contributed by atoms with Gasteiger partial charge in [-0.3, -0.25) is 4.79 Å². The van der Waals surface area contributed by atoms with Gasteiger partial charge in [0.05, 0.1) is 11.8 Å². The van der Waals surface area contributed by atoms with E-state index in [1.54, 1.807) is 6.07 Å². The molecule has 0 fully saturated rings. The Labute approximate surface area is 130 Å². The molecule has 0 aliphatic heterocycles. The van der Waals surface area contributed by atoms with Crippen molar-refractivity contribution in [3.05, 3.63) is 59.1 Å². The summed E-state index contributed by atoms with van der Waals surface area (Å²) in [5.74, 6) is -0.118. The van der Waals surface area contributed by atoms with Gasteiger partial charge >= 0.3 is 0 Å². The van der Waals surface area contributed by atoms with Gasteiger partial charge in [0.2, 0.25) is 0 Å². The number of nitrogens with one attached hydrogen (secondary N) is 1. The van der Waals surface area contributed by atoms with Gasteiger partial charge in [0, 0.05) is 24.8 Å². The number of hydrogen-bond acceptors (Lipinski definition) is 2. The first-order chi connectivity index (χ1) is 10.3. The number of fused-ring (bicyclic) bond motifs is 1. The van der Waals surface area contributed by atoms with E-state index in [9.17, 15) is 4.79 Å². The molecule has 3 rings (SSSR count). The maximum atomic E-state index is 11.9. The first-order valence-electron chi connectivity index (χ1n) is 6.81. The maximum absolute atomic E-state index is 11.9. The highest BCUT2D eigenvalue weighted by Gasteiger charge is 2.11. The molecule has 0 atom stereocenters. The molecule has 1 amide bonds. The van der Waals surface area contributed by atoms with Crippen LogP contribution < -0.4 is 5.32 Å². The zero-order valence-corrected chi connectivity index (χ0v) is 13.0. The lowest BCUT2D eigenvalue weighted by Gasteiger charge is -2.07. The van der Waals surface area contributed by atoms with Crippen LogP contribution >= 0.6 is 15.9 Å². The summed E-state index contributed by atoms with van der Waals surface area (Å²) in [6.07, 6.45) is 4.45. The van der Waals surface area contributed by atoms with Crippen molar-refractivity contribution in [1.29, 1.82) is 0 Å². The van der Waals surface area contributed by atoms with E-state index in [0.717, 1.165) is 13.0 Å². The molecule has 0 unspecified atom stereocenters. The third kappa shape index (κ3) is 3.03. The van der Waals surface area contributed by atoms with Crippen molar-refractivity contribution in [3.63, 3.8) is 0 Å². The Morgan fingerprint density at radius 1 is 1.24 bits per heavy atom. The molecule has 2 heterocycles. The van der Waals surface area contributed by atoms with Gasteiger partial charge in [-0.2, -0.15) is 0 Å². The second kappa shape index (κ2) is 6.18. The highest BCUT2D eigenvalue weighted by molar-refractivity contribution is 9.10. The first-order valence-corrected chi connectivity index (χ1v) is 7.60. The van der Waals surface area contributed by atoms with Crippen LogP contribution in [0.25, 0.3) is 10.9 Å². The van der Waals surface area contributed by atoms with E-state index in [-0.39, 0.29) is 5.91 Å². The van der Waals surface area contributed by atoms with Gasteiger partial charge in [0.1, 0.15) is 0 Å². The van der Waals surface area contributed by atoms with Gasteiger partial charge in [0.25, 0.3) is 5.91 Å². The molecule has 1 N–H and O–H groups in total. The Balaban J connectivity index is 1.53. The molecular weight excluding hydrogens is 332 g/mol. The minimum Gasteiger partial charge on any atom is -0.457 e. The monoisotopic (exact) mass is 346 g/mol. The van der Waals surface area contributed by atoms with Gasteiger partial charge in [0.15, 0.2) is 4.67 Å². The largest absolute Gasteiger partial charge is 0.457 e. The molecule has 0 bridgehead atoms. The number of hydrogen-bond donors (Lipinski definition) is 1. The quantitative estimate of drug-likeness (QED) is 0.714. The van der Waals surface area contributed by atoms with Gasteiger partial charge < -0.3 is 14.3 Å². The van der Waals surface area contributed by atoms with Crippen LogP contribution in [0.3, 0.4) is 0 Å². The fourth-order valence-corrected chi connectivity index (χ4v) is 2.76. The molecule has 2 aromatic heterocycles. The highest BCUT2D eigenvalue weighted by atomic mass is 79.9. The fraction of sp³-hybridized carbons (Fsp3) is 0.188. The van der Waals surface area contributed by atoms with Crippen molar-refractivity contribution in [3.8, 4) is 0 Å². The van der Waals surface area contributed by atoms with Crippen molar-refractivity contribution in [2.45, 2.75) is 13.0 Å². The van der Waals surface area contributed by atoms with Crippen molar-refractivity contribution in [2.75, 3.05) is 6.54 Å². The van der Waals surface area contributed by atoms with E-state index >= 15 is 0 Å². The number of carbonyl (C=O) groups excluding carboxylic acids is 1. The third-order valence-electron chi connectivity index (χ3n) is 3.40. The molecule has 3 aromatic rings. The van der Waals surface area contributed by atoms with Crippen LogP contribution in [0, 0.1) is 0 Å². The number of nitrogens with zero attached hydrogens (tertiary/aromatic N) is 1. The second-order valence-electron chi connectivity index (χ2n) is 4.79.